The number of unbranched alkanes of at least 4 members (excludes halogenated alkanes) is 2. The molecule has 0 spiro atoms. The van der Waals surface area contributed by atoms with Crippen LogP contribution >= 0.6 is 7.37 Å². The molecule has 23 heavy (non-hydrogen) atoms. The summed E-state index contributed by atoms with van der Waals surface area (Å²) in [5, 5.41) is 0. The zero-order valence-electron chi connectivity index (χ0n) is 15.7. The van der Waals surface area contributed by atoms with E-state index in [0.29, 0.717) is 24.2 Å². The molecule has 2 unspecified atom stereocenters. The van der Waals surface area contributed by atoms with Gasteiger partial charge in [0.1, 0.15) is 0 Å². The highest BCUT2D eigenvalue weighted by molar-refractivity contribution is 7.59. The van der Waals surface area contributed by atoms with Crippen LogP contribution in [0.25, 0.3) is 0 Å². The van der Waals surface area contributed by atoms with Crippen molar-refractivity contribution in [3.63, 3.8) is 0 Å². The first-order valence-corrected chi connectivity index (χ1v) is 11.4. The molecule has 0 amide bonds. The van der Waals surface area contributed by atoms with E-state index in [1.165, 1.54) is 0 Å². The molecule has 0 fully saturated rings. The van der Waals surface area contributed by atoms with Crippen LogP contribution in [0.1, 0.15) is 79.1 Å². The minimum atomic E-state index is -2.94. The molecule has 2 atom stereocenters. The van der Waals surface area contributed by atoms with E-state index in [0.717, 1.165) is 57.4 Å². The van der Waals surface area contributed by atoms with Crippen LogP contribution in [0.15, 0.2) is 12.7 Å². The summed E-state index contributed by atoms with van der Waals surface area (Å²) in [6, 6.07) is 0. The highest BCUT2D eigenvalue weighted by Gasteiger charge is 2.32. The number of carbonyl (C=O) groups is 1. The van der Waals surface area contributed by atoms with Crippen molar-refractivity contribution < 1.29 is 13.9 Å². The Kier molecular flexibility index (Phi) is 12.5. The summed E-state index contributed by atoms with van der Waals surface area (Å²) >= 11 is 0. The molecule has 0 rings (SSSR count). The molecule has 3 nitrogen and oxygen atoms in total. The van der Waals surface area contributed by atoms with Crippen molar-refractivity contribution >= 4 is 13.3 Å². The van der Waals surface area contributed by atoms with Gasteiger partial charge >= 0.3 is 5.97 Å². The molecule has 0 N–H and O–H groups in total. The Balaban J connectivity index is 5.01. The molecular weight excluding hydrogens is 307 g/mol. The van der Waals surface area contributed by atoms with Crippen molar-refractivity contribution in [2.75, 3.05) is 12.3 Å². The largest absolute Gasteiger partial charge is 0.409 e. The van der Waals surface area contributed by atoms with E-state index in [1.807, 2.05) is 0 Å². The fourth-order valence-corrected chi connectivity index (χ4v) is 6.13. The third-order valence-electron chi connectivity index (χ3n) is 4.58. The van der Waals surface area contributed by atoms with E-state index >= 15 is 0 Å². The van der Waals surface area contributed by atoms with Crippen molar-refractivity contribution in [3.8, 4) is 0 Å². The van der Waals surface area contributed by atoms with E-state index in [9.17, 15) is 9.36 Å². The zero-order valence-corrected chi connectivity index (χ0v) is 16.6. The van der Waals surface area contributed by atoms with Crippen LogP contribution in [-0.2, 0) is 13.9 Å². The second kappa shape index (κ2) is 12.8. The average molecular weight is 344 g/mol. The lowest BCUT2D eigenvalue weighted by atomic mass is 10.0. The Morgan fingerprint density at radius 3 is 1.74 bits per heavy atom. The lowest BCUT2D eigenvalue weighted by Gasteiger charge is -2.26. The fourth-order valence-electron chi connectivity index (χ4n) is 2.97. The summed E-state index contributed by atoms with van der Waals surface area (Å²) in [5.74, 6) is 0.216. The van der Waals surface area contributed by atoms with Crippen molar-refractivity contribution in [2.24, 2.45) is 11.8 Å². The second-order valence-corrected chi connectivity index (χ2v) is 9.17. The van der Waals surface area contributed by atoms with Gasteiger partial charge in [0.15, 0.2) is 0 Å². The topological polar surface area (TPSA) is 43.4 Å². The monoisotopic (exact) mass is 344 g/mol. The lowest BCUT2D eigenvalue weighted by molar-refractivity contribution is -0.128. The van der Waals surface area contributed by atoms with Crippen molar-refractivity contribution in [3.05, 3.63) is 12.7 Å². The third kappa shape index (κ3) is 10.0. The molecule has 0 aromatic heterocycles. The standard InChI is InChI=1S/C19H37O3P/c1-6-11-13-17(8-3)15-23(21,22-19(20)10-5)16-18(9-4)14-12-7-2/h10,17-18H,5-9,11-16H2,1-4H3. The maximum absolute atomic E-state index is 13.4. The van der Waals surface area contributed by atoms with E-state index < -0.39 is 13.3 Å². The van der Waals surface area contributed by atoms with Crippen LogP contribution in [0, 0.1) is 11.8 Å². The molecule has 0 radical (unpaired) electrons. The molecule has 0 saturated carbocycles. The first-order chi connectivity index (χ1) is 10.9. The predicted octanol–water partition coefficient (Wildman–Crippen LogP) is 6.43. The Bertz CT molecular complexity index is 357. The van der Waals surface area contributed by atoms with Gasteiger partial charge in [-0.15, -0.1) is 0 Å². The molecule has 0 aliphatic rings. The average Bonchev–Trinajstić information content (AvgIpc) is 2.55. The first kappa shape index (κ1) is 22.4. The molecule has 0 aliphatic carbocycles. The molecule has 136 valence electrons. The van der Waals surface area contributed by atoms with Gasteiger partial charge in [0.25, 0.3) is 7.37 Å². The summed E-state index contributed by atoms with van der Waals surface area (Å²) < 4.78 is 18.8. The molecule has 0 saturated heterocycles. The van der Waals surface area contributed by atoms with Crippen LogP contribution in [0.5, 0.6) is 0 Å². The normalized spacial score (nSPS) is 16.3. The van der Waals surface area contributed by atoms with Crippen LogP contribution < -0.4 is 0 Å². The Labute approximate surface area is 143 Å². The van der Waals surface area contributed by atoms with Gasteiger partial charge in [0.05, 0.1) is 0 Å². The second-order valence-electron chi connectivity index (χ2n) is 6.63. The van der Waals surface area contributed by atoms with Gasteiger partial charge in [-0.1, -0.05) is 72.8 Å². The summed E-state index contributed by atoms with van der Waals surface area (Å²) in [6.07, 6.45) is 10.9. The van der Waals surface area contributed by atoms with Crippen LogP contribution in [-0.4, -0.2) is 18.3 Å². The highest BCUT2D eigenvalue weighted by Crippen LogP contribution is 2.52. The highest BCUT2D eigenvalue weighted by atomic mass is 31.2. The molecule has 0 aliphatic heterocycles. The van der Waals surface area contributed by atoms with Crippen molar-refractivity contribution in [2.45, 2.75) is 79.1 Å². The third-order valence-corrected chi connectivity index (χ3v) is 7.24. The smallest absolute Gasteiger partial charge is 0.335 e. The van der Waals surface area contributed by atoms with E-state index in [4.69, 9.17) is 4.52 Å². The van der Waals surface area contributed by atoms with Crippen LogP contribution in [0.4, 0.5) is 0 Å². The van der Waals surface area contributed by atoms with E-state index in [-0.39, 0.29) is 0 Å². The van der Waals surface area contributed by atoms with E-state index in [2.05, 4.69) is 34.3 Å². The molecule has 0 bridgehead atoms. The Hall–Kier alpha value is -0.560. The maximum Gasteiger partial charge on any atom is 0.335 e. The molecule has 4 heteroatoms. The first-order valence-electron chi connectivity index (χ1n) is 9.38. The van der Waals surface area contributed by atoms with Crippen LogP contribution in [0.2, 0.25) is 0 Å². The fraction of sp³-hybridized carbons (Fsp3) is 0.842. The summed E-state index contributed by atoms with van der Waals surface area (Å²) in [7, 11) is -2.94. The maximum atomic E-state index is 13.4. The van der Waals surface area contributed by atoms with Gasteiger partial charge in [-0.25, -0.2) is 4.79 Å². The number of carbonyl (C=O) groups excluding carboxylic acids is 1. The van der Waals surface area contributed by atoms with Gasteiger partial charge in [-0.05, 0) is 24.7 Å². The zero-order chi connectivity index (χ0) is 17.7. The molecule has 0 heterocycles. The van der Waals surface area contributed by atoms with Gasteiger partial charge < -0.3 is 4.52 Å². The van der Waals surface area contributed by atoms with E-state index in [1.54, 1.807) is 0 Å². The Morgan fingerprint density at radius 1 is 1.00 bits per heavy atom. The minimum absolute atomic E-state index is 0.377. The summed E-state index contributed by atoms with van der Waals surface area (Å²) in [5.41, 5.74) is 0. The van der Waals surface area contributed by atoms with Crippen molar-refractivity contribution in [1.29, 1.82) is 0 Å². The van der Waals surface area contributed by atoms with Gasteiger partial charge in [-0.2, -0.15) is 0 Å². The number of hydrogen-bond acceptors (Lipinski definition) is 3. The van der Waals surface area contributed by atoms with Gasteiger partial charge in [-0.3, -0.25) is 4.57 Å². The predicted molar refractivity (Wildman–Crippen MR) is 100 cm³/mol. The molecular formula is C19H37O3P. The molecule has 0 aromatic carbocycles. The summed E-state index contributed by atoms with van der Waals surface area (Å²) in [6.45, 7) is 12.1. The minimum Gasteiger partial charge on any atom is -0.409 e. The Morgan fingerprint density at radius 2 is 1.43 bits per heavy atom. The SMILES string of the molecule is C=CC(=O)OP(=O)(CC(CC)CCCC)CC(CC)CCCC. The summed E-state index contributed by atoms with van der Waals surface area (Å²) in [4.78, 5) is 11.7. The van der Waals surface area contributed by atoms with Crippen molar-refractivity contribution in [1.82, 2.24) is 0 Å². The quantitative estimate of drug-likeness (QED) is 0.269. The van der Waals surface area contributed by atoms with Gasteiger partial charge in [0.2, 0.25) is 0 Å². The van der Waals surface area contributed by atoms with Gasteiger partial charge in [0, 0.05) is 18.4 Å². The number of rotatable bonds is 14. The molecule has 0 aromatic rings. The van der Waals surface area contributed by atoms with Crippen LogP contribution in [0.3, 0.4) is 0 Å². The number of hydrogen-bond donors (Lipinski definition) is 0. The lowest BCUT2D eigenvalue weighted by Crippen LogP contribution is -2.16.